The van der Waals surface area contributed by atoms with Crippen LogP contribution in [-0.2, 0) is 4.79 Å². The summed E-state index contributed by atoms with van der Waals surface area (Å²) in [4.78, 5) is 11.4. The standard InChI is InChI=1S/C11H13N3O3/c1-2-3-6-9(15)12-11-14-13-10(17-11)8-5-4-7-16-8/h4-5,7H,2-3,6H2,1H3,(H,12,14,15). The Morgan fingerprint density at radius 3 is 3.06 bits per heavy atom. The molecule has 2 rings (SSSR count). The van der Waals surface area contributed by atoms with Crippen molar-refractivity contribution in [1.29, 1.82) is 0 Å². The minimum absolute atomic E-state index is 0.0949. The van der Waals surface area contributed by atoms with Crippen LogP contribution < -0.4 is 5.32 Å². The average molecular weight is 235 g/mol. The molecule has 6 heteroatoms. The SMILES string of the molecule is CCCCC(=O)Nc1nnc(-c2ccco2)o1. The van der Waals surface area contributed by atoms with Gasteiger partial charge in [0.05, 0.1) is 6.26 Å². The van der Waals surface area contributed by atoms with Crippen molar-refractivity contribution in [2.75, 3.05) is 5.32 Å². The van der Waals surface area contributed by atoms with Crippen molar-refractivity contribution in [3.63, 3.8) is 0 Å². The van der Waals surface area contributed by atoms with E-state index < -0.39 is 0 Å². The summed E-state index contributed by atoms with van der Waals surface area (Å²) in [5.41, 5.74) is 0. The molecule has 2 heterocycles. The van der Waals surface area contributed by atoms with Crippen molar-refractivity contribution in [3.05, 3.63) is 18.4 Å². The smallest absolute Gasteiger partial charge is 0.322 e. The Bertz CT molecular complexity index is 476. The number of hydrogen-bond acceptors (Lipinski definition) is 5. The number of unbranched alkanes of at least 4 members (excludes halogenated alkanes) is 1. The zero-order valence-electron chi connectivity index (χ0n) is 9.47. The molecule has 2 aromatic rings. The van der Waals surface area contributed by atoms with Gasteiger partial charge in [-0.05, 0) is 18.6 Å². The number of nitrogens with one attached hydrogen (secondary N) is 1. The zero-order valence-corrected chi connectivity index (χ0v) is 9.47. The highest BCUT2D eigenvalue weighted by Crippen LogP contribution is 2.19. The number of hydrogen-bond donors (Lipinski definition) is 1. The number of carbonyl (C=O) groups excluding carboxylic acids is 1. The Kier molecular flexibility index (Phi) is 3.54. The van der Waals surface area contributed by atoms with Crippen molar-refractivity contribution in [2.24, 2.45) is 0 Å². The van der Waals surface area contributed by atoms with E-state index in [0.29, 0.717) is 12.2 Å². The summed E-state index contributed by atoms with van der Waals surface area (Å²) in [6.07, 6.45) is 3.77. The number of anilines is 1. The molecule has 0 saturated carbocycles. The third-order valence-electron chi connectivity index (χ3n) is 2.16. The fraction of sp³-hybridized carbons (Fsp3) is 0.364. The molecular weight excluding hydrogens is 222 g/mol. The summed E-state index contributed by atoms with van der Waals surface area (Å²) in [6.45, 7) is 2.02. The van der Waals surface area contributed by atoms with Gasteiger partial charge in [-0.3, -0.25) is 10.1 Å². The second-order valence-corrected chi connectivity index (χ2v) is 3.54. The molecular formula is C11H13N3O3. The van der Waals surface area contributed by atoms with Crippen LogP contribution in [0.1, 0.15) is 26.2 Å². The van der Waals surface area contributed by atoms with Crippen molar-refractivity contribution < 1.29 is 13.6 Å². The highest BCUT2D eigenvalue weighted by molar-refractivity contribution is 5.88. The summed E-state index contributed by atoms with van der Waals surface area (Å²) >= 11 is 0. The first-order valence-electron chi connectivity index (χ1n) is 5.47. The van der Waals surface area contributed by atoms with E-state index >= 15 is 0 Å². The van der Waals surface area contributed by atoms with Crippen molar-refractivity contribution >= 4 is 11.9 Å². The van der Waals surface area contributed by atoms with Crippen LogP contribution in [0.3, 0.4) is 0 Å². The molecule has 0 spiro atoms. The molecule has 0 fully saturated rings. The van der Waals surface area contributed by atoms with Gasteiger partial charge in [0.1, 0.15) is 0 Å². The maximum absolute atomic E-state index is 11.4. The monoisotopic (exact) mass is 235 g/mol. The first-order chi connectivity index (χ1) is 8.29. The highest BCUT2D eigenvalue weighted by Gasteiger charge is 2.12. The number of amides is 1. The molecule has 0 unspecified atom stereocenters. The number of nitrogens with zero attached hydrogens (tertiary/aromatic N) is 2. The van der Waals surface area contributed by atoms with E-state index in [1.807, 2.05) is 6.92 Å². The Hall–Kier alpha value is -2.11. The third-order valence-corrected chi connectivity index (χ3v) is 2.16. The molecule has 1 N–H and O–H groups in total. The van der Waals surface area contributed by atoms with Gasteiger partial charge < -0.3 is 8.83 Å². The Labute approximate surface area is 98.0 Å². The fourth-order valence-electron chi connectivity index (χ4n) is 1.29. The van der Waals surface area contributed by atoms with Crippen molar-refractivity contribution in [3.8, 4) is 11.7 Å². The molecule has 1 amide bonds. The van der Waals surface area contributed by atoms with E-state index in [1.165, 1.54) is 6.26 Å². The molecule has 17 heavy (non-hydrogen) atoms. The van der Waals surface area contributed by atoms with Crippen molar-refractivity contribution in [2.45, 2.75) is 26.2 Å². The average Bonchev–Trinajstić information content (AvgIpc) is 2.95. The van der Waals surface area contributed by atoms with E-state index in [2.05, 4.69) is 15.5 Å². The lowest BCUT2D eigenvalue weighted by molar-refractivity contribution is -0.116. The molecule has 0 aliphatic carbocycles. The number of aromatic nitrogens is 2. The molecule has 2 aromatic heterocycles. The summed E-state index contributed by atoms with van der Waals surface area (Å²) < 4.78 is 10.3. The highest BCUT2D eigenvalue weighted by atomic mass is 16.4. The maximum atomic E-state index is 11.4. The second-order valence-electron chi connectivity index (χ2n) is 3.54. The minimum atomic E-state index is -0.124. The molecule has 0 aliphatic heterocycles. The molecule has 0 atom stereocenters. The molecule has 0 aliphatic rings. The van der Waals surface area contributed by atoms with E-state index in [4.69, 9.17) is 8.83 Å². The largest absolute Gasteiger partial charge is 0.459 e. The Morgan fingerprint density at radius 1 is 1.47 bits per heavy atom. The lowest BCUT2D eigenvalue weighted by atomic mass is 10.2. The van der Waals surface area contributed by atoms with Crippen LogP contribution in [0.15, 0.2) is 27.2 Å². The van der Waals surface area contributed by atoms with E-state index in [0.717, 1.165) is 12.8 Å². The van der Waals surface area contributed by atoms with Gasteiger partial charge in [0.15, 0.2) is 5.76 Å². The van der Waals surface area contributed by atoms with Gasteiger partial charge in [-0.1, -0.05) is 18.4 Å². The van der Waals surface area contributed by atoms with Gasteiger partial charge in [-0.2, -0.15) is 0 Å². The van der Waals surface area contributed by atoms with E-state index in [1.54, 1.807) is 12.1 Å². The number of carbonyl (C=O) groups is 1. The van der Waals surface area contributed by atoms with Gasteiger partial charge in [-0.25, -0.2) is 0 Å². The summed E-state index contributed by atoms with van der Waals surface area (Å²) in [5.74, 6) is 0.605. The topological polar surface area (TPSA) is 81.2 Å². The van der Waals surface area contributed by atoms with E-state index in [-0.39, 0.29) is 17.8 Å². The number of furan rings is 1. The van der Waals surface area contributed by atoms with Crippen LogP contribution >= 0.6 is 0 Å². The zero-order chi connectivity index (χ0) is 12.1. The molecule has 0 aromatic carbocycles. The van der Waals surface area contributed by atoms with Gasteiger partial charge in [-0.15, -0.1) is 5.10 Å². The normalized spacial score (nSPS) is 10.4. The lowest BCUT2D eigenvalue weighted by Gasteiger charge is -1.97. The van der Waals surface area contributed by atoms with Crippen LogP contribution in [-0.4, -0.2) is 16.1 Å². The van der Waals surface area contributed by atoms with Crippen LogP contribution in [0.4, 0.5) is 6.01 Å². The second kappa shape index (κ2) is 5.29. The van der Waals surface area contributed by atoms with Gasteiger partial charge in [0.2, 0.25) is 5.91 Å². The Morgan fingerprint density at radius 2 is 2.35 bits per heavy atom. The van der Waals surface area contributed by atoms with Gasteiger partial charge in [0, 0.05) is 6.42 Å². The fourth-order valence-corrected chi connectivity index (χ4v) is 1.29. The van der Waals surface area contributed by atoms with Crippen LogP contribution in [0.25, 0.3) is 11.7 Å². The van der Waals surface area contributed by atoms with Crippen LogP contribution in [0, 0.1) is 0 Å². The van der Waals surface area contributed by atoms with Gasteiger partial charge in [0.25, 0.3) is 5.89 Å². The predicted molar refractivity (Wildman–Crippen MR) is 60.2 cm³/mol. The third kappa shape index (κ3) is 2.93. The lowest BCUT2D eigenvalue weighted by Crippen LogP contribution is -2.11. The molecule has 6 nitrogen and oxygen atoms in total. The Balaban J connectivity index is 1.97. The van der Waals surface area contributed by atoms with Crippen molar-refractivity contribution in [1.82, 2.24) is 10.2 Å². The summed E-state index contributed by atoms with van der Waals surface area (Å²) in [5, 5.41) is 10.0. The molecule has 0 saturated heterocycles. The number of rotatable bonds is 5. The van der Waals surface area contributed by atoms with Crippen LogP contribution in [0.5, 0.6) is 0 Å². The van der Waals surface area contributed by atoms with Gasteiger partial charge >= 0.3 is 6.01 Å². The minimum Gasteiger partial charge on any atom is -0.459 e. The summed E-state index contributed by atoms with van der Waals surface area (Å²) in [6, 6.07) is 3.52. The first-order valence-corrected chi connectivity index (χ1v) is 5.47. The molecule has 0 radical (unpaired) electrons. The summed E-state index contributed by atoms with van der Waals surface area (Å²) in [7, 11) is 0. The quantitative estimate of drug-likeness (QED) is 0.860. The first kappa shape index (κ1) is 11.4. The molecule has 0 bridgehead atoms. The van der Waals surface area contributed by atoms with E-state index in [9.17, 15) is 4.79 Å². The van der Waals surface area contributed by atoms with Crippen LogP contribution in [0.2, 0.25) is 0 Å². The molecule has 90 valence electrons. The predicted octanol–water partition coefficient (Wildman–Crippen LogP) is 2.46. The maximum Gasteiger partial charge on any atom is 0.322 e.